The fourth-order valence-corrected chi connectivity index (χ4v) is 2.58. The number of rotatable bonds is 6. The van der Waals surface area contributed by atoms with Gasteiger partial charge in [0.1, 0.15) is 0 Å². The van der Waals surface area contributed by atoms with Gasteiger partial charge in [-0.15, -0.1) is 0 Å². The van der Waals surface area contributed by atoms with Crippen molar-refractivity contribution in [3.05, 3.63) is 42.4 Å². The monoisotopic (exact) mass is 271 g/mol. The van der Waals surface area contributed by atoms with Crippen LogP contribution >= 0.6 is 0 Å². The van der Waals surface area contributed by atoms with Crippen LogP contribution in [0, 0.1) is 6.92 Å². The molecule has 1 atom stereocenters. The second-order valence-corrected chi connectivity index (χ2v) is 5.60. The van der Waals surface area contributed by atoms with Crippen LogP contribution in [0.2, 0.25) is 0 Å². The molecule has 0 amide bonds. The van der Waals surface area contributed by atoms with Gasteiger partial charge >= 0.3 is 0 Å². The van der Waals surface area contributed by atoms with Crippen molar-refractivity contribution in [3.63, 3.8) is 0 Å². The zero-order valence-corrected chi connectivity index (χ0v) is 13.0. The van der Waals surface area contributed by atoms with E-state index in [4.69, 9.17) is 0 Å². The molecule has 0 radical (unpaired) electrons. The molecule has 1 heterocycles. The Hall–Kier alpha value is -1.61. The molecule has 0 bridgehead atoms. The van der Waals surface area contributed by atoms with E-state index in [0.29, 0.717) is 6.04 Å². The van der Waals surface area contributed by atoms with Crippen molar-refractivity contribution >= 4 is 0 Å². The summed E-state index contributed by atoms with van der Waals surface area (Å²) < 4.78 is 2.28. The van der Waals surface area contributed by atoms with E-state index in [0.717, 1.165) is 12.2 Å². The molecule has 1 aromatic carbocycles. The first-order valence-corrected chi connectivity index (χ1v) is 7.37. The van der Waals surface area contributed by atoms with Crippen LogP contribution in [0.15, 0.2) is 36.7 Å². The van der Waals surface area contributed by atoms with Gasteiger partial charge in [0, 0.05) is 23.8 Å². The average molecular weight is 271 g/mol. The van der Waals surface area contributed by atoms with Crippen molar-refractivity contribution < 1.29 is 0 Å². The summed E-state index contributed by atoms with van der Waals surface area (Å²) in [6.07, 6.45) is 4.40. The Morgan fingerprint density at radius 2 is 1.90 bits per heavy atom. The normalized spacial score (nSPS) is 12.8. The van der Waals surface area contributed by atoms with Crippen molar-refractivity contribution in [3.8, 4) is 11.3 Å². The summed E-state index contributed by atoms with van der Waals surface area (Å²) in [5.41, 5.74) is 3.54. The number of likely N-dealkylation sites (N-methyl/N-ethyl adjacent to an activating group) is 1. The first kappa shape index (κ1) is 14.8. The maximum absolute atomic E-state index is 4.60. The fraction of sp³-hybridized carbons (Fsp3) is 0.471. The van der Waals surface area contributed by atoms with E-state index < -0.39 is 0 Å². The van der Waals surface area contributed by atoms with Gasteiger partial charge in [0.2, 0.25) is 0 Å². The summed E-state index contributed by atoms with van der Waals surface area (Å²) >= 11 is 0. The second-order valence-electron chi connectivity index (χ2n) is 5.60. The molecule has 1 aromatic heterocycles. The predicted octanol–water partition coefficient (Wildman–Crippen LogP) is 3.59. The first-order valence-electron chi connectivity index (χ1n) is 7.37. The minimum absolute atomic E-state index is 0.566. The molecular formula is C17H25N3. The summed E-state index contributed by atoms with van der Waals surface area (Å²) in [5, 5.41) is 0. The highest BCUT2D eigenvalue weighted by molar-refractivity contribution is 5.61. The van der Waals surface area contributed by atoms with Gasteiger partial charge in [-0.25, -0.2) is 4.98 Å². The lowest BCUT2D eigenvalue weighted by atomic mass is 10.1. The molecule has 20 heavy (non-hydrogen) atoms. The lowest BCUT2D eigenvalue weighted by Crippen LogP contribution is -2.32. The van der Waals surface area contributed by atoms with Gasteiger partial charge in [-0.1, -0.05) is 43.7 Å². The van der Waals surface area contributed by atoms with Crippen LogP contribution in [0.3, 0.4) is 0 Å². The van der Waals surface area contributed by atoms with Crippen molar-refractivity contribution in [1.82, 2.24) is 14.5 Å². The number of nitrogens with zero attached hydrogens (tertiary/aromatic N) is 3. The topological polar surface area (TPSA) is 21.1 Å². The molecule has 3 nitrogen and oxygen atoms in total. The summed E-state index contributed by atoms with van der Waals surface area (Å²) in [6.45, 7) is 5.41. The minimum atomic E-state index is 0.566. The van der Waals surface area contributed by atoms with Crippen molar-refractivity contribution in [2.24, 2.45) is 0 Å². The van der Waals surface area contributed by atoms with Crippen LogP contribution in [-0.4, -0.2) is 34.6 Å². The van der Waals surface area contributed by atoms with Gasteiger partial charge < -0.3 is 9.47 Å². The maximum Gasteiger partial charge on any atom is 0.0956 e. The van der Waals surface area contributed by atoms with Crippen LogP contribution in [0.5, 0.6) is 0 Å². The fourth-order valence-electron chi connectivity index (χ4n) is 2.58. The third-order valence-electron chi connectivity index (χ3n) is 3.91. The SMILES string of the molecule is CCC[C@@H](Cn1cnc(-c2ccccc2)c1C)N(C)C. The molecule has 0 unspecified atom stereocenters. The zero-order valence-electron chi connectivity index (χ0n) is 13.0. The molecule has 0 aliphatic carbocycles. The molecular weight excluding hydrogens is 246 g/mol. The highest BCUT2D eigenvalue weighted by atomic mass is 15.2. The van der Waals surface area contributed by atoms with E-state index in [1.54, 1.807) is 0 Å². The number of aromatic nitrogens is 2. The number of hydrogen-bond acceptors (Lipinski definition) is 2. The third-order valence-corrected chi connectivity index (χ3v) is 3.91. The van der Waals surface area contributed by atoms with Crippen molar-refractivity contribution in [2.75, 3.05) is 14.1 Å². The molecule has 0 fully saturated rings. The van der Waals surface area contributed by atoms with E-state index in [9.17, 15) is 0 Å². The van der Waals surface area contributed by atoms with Crippen LogP contribution in [0.4, 0.5) is 0 Å². The van der Waals surface area contributed by atoms with Crippen LogP contribution in [-0.2, 0) is 6.54 Å². The Labute approximate surface area is 122 Å². The Kier molecular flexibility index (Phi) is 4.96. The van der Waals surface area contributed by atoms with Gasteiger partial charge in [0.15, 0.2) is 0 Å². The molecule has 2 aromatic rings. The molecule has 2 rings (SSSR count). The van der Waals surface area contributed by atoms with Gasteiger partial charge in [-0.2, -0.15) is 0 Å². The highest BCUT2D eigenvalue weighted by Gasteiger charge is 2.14. The Balaban J connectivity index is 2.21. The Morgan fingerprint density at radius 3 is 2.50 bits per heavy atom. The molecule has 0 aliphatic heterocycles. The molecule has 3 heteroatoms. The Morgan fingerprint density at radius 1 is 1.20 bits per heavy atom. The molecule has 0 aliphatic rings. The molecule has 0 spiro atoms. The lowest BCUT2D eigenvalue weighted by Gasteiger charge is -2.24. The Bertz CT molecular complexity index is 528. The zero-order chi connectivity index (χ0) is 14.5. The summed E-state index contributed by atoms with van der Waals surface area (Å²) in [6, 6.07) is 11.0. The molecule has 0 N–H and O–H groups in total. The summed E-state index contributed by atoms with van der Waals surface area (Å²) in [7, 11) is 4.31. The standard InChI is InChI=1S/C17H25N3/c1-5-9-16(19(3)4)12-20-13-18-17(14(20)2)15-10-7-6-8-11-15/h6-8,10-11,13,16H,5,9,12H2,1-4H3/t16-/m0/s1. The van der Waals surface area contributed by atoms with E-state index in [-0.39, 0.29) is 0 Å². The summed E-state index contributed by atoms with van der Waals surface area (Å²) in [5.74, 6) is 0. The van der Waals surface area contributed by atoms with Crippen LogP contribution in [0.1, 0.15) is 25.5 Å². The average Bonchev–Trinajstić information content (AvgIpc) is 2.80. The number of hydrogen-bond donors (Lipinski definition) is 0. The lowest BCUT2D eigenvalue weighted by molar-refractivity contribution is 0.247. The van der Waals surface area contributed by atoms with Crippen molar-refractivity contribution in [1.29, 1.82) is 0 Å². The summed E-state index contributed by atoms with van der Waals surface area (Å²) in [4.78, 5) is 6.91. The van der Waals surface area contributed by atoms with Gasteiger partial charge in [0.25, 0.3) is 0 Å². The largest absolute Gasteiger partial charge is 0.333 e. The molecule has 0 saturated carbocycles. The maximum atomic E-state index is 4.60. The molecule has 0 saturated heterocycles. The van der Waals surface area contributed by atoms with Gasteiger partial charge in [-0.3, -0.25) is 0 Å². The second kappa shape index (κ2) is 6.71. The number of benzene rings is 1. The van der Waals surface area contributed by atoms with E-state index >= 15 is 0 Å². The van der Waals surface area contributed by atoms with E-state index in [1.165, 1.54) is 24.1 Å². The van der Waals surface area contributed by atoms with E-state index in [1.807, 2.05) is 12.4 Å². The third kappa shape index (κ3) is 3.28. The van der Waals surface area contributed by atoms with Crippen molar-refractivity contribution in [2.45, 2.75) is 39.3 Å². The smallest absolute Gasteiger partial charge is 0.0956 e. The van der Waals surface area contributed by atoms with E-state index in [2.05, 4.69) is 66.7 Å². The predicted molar refractivity (Wildman–Crippen MR) is 84.8 cm³/mol. The quantitative estimate of drug-likeness (QED) is 0.800. The molecule has 108 valence electrons. The first-order chi connectivity index (χ1) is 9.63. The minimum Gasteiger partial charge on any atom is -0.333 e. The van der Waals surface area contributed by atoms with Gasteiger partial charge in [0.05, 0.1) is 12.0 Å². The van der Waals surface area contributed by atoms with Gasteiger partial charge in [-0.05, 0) is 27.4 Å². The highest BCUT2D eigenvalue weighted by Crippen LogP contribution is 2.22. The van der Waals surface area contributed by atoms with Crippen LogP contribution < -0.4 is 0 Å². The number of imidazole rings is 1. The van der Waals surface area contributed by atoms with Crippen LogP contribution in [0.25, 0.3) is 11.3 Å².